The molecule has 0 fully saturated rings. The molecule has 25 heavy (non-hydrogen) atoms. The van der Waals surface area contributed by atoms with Gasteiger partial charge in [-0.05, 0) is 30.7 Å². The van der Waals surface area contributed by atoms with Crippen LogP contribution in [0.2, 0.25) is 0 Å². The van der Waals surface area contributed by atoms with Crippen molar-refractivity contribution in [3.05, 3.63) is 64.0 Å². The van der Waals surface area contributed by atoms with Gasteiger partial charge in [0.25, 0.3) is 5.91 Å². The molecule has 2 aromatic carbocycles. The zero-order valence-corrected chi connectivity index (χ0v) is 14.0. The fourth-order valence-corrected chi connectivity index (χ4v) is 3.77. The molecule has 1 amide bonds. The molecule has 0 aromatic heterocycles. The Labute approximate surface area is 143 Å². The van der Waals surface area contributed by atoms with Crippen LogP contribution in [-0.2, 0) is 9.84 Å². The Balaban J connectivity index is 2.37. The number of sulfone groups is 1. The van der Waals surface area contributed by atoms with Gasteiger partial charge < -0.3 is 5.32 Å². The Bertz CT molecular complexity index is 928. The molecule has 0 aliphatic rings. The molecule has 9 heteroatoms. The van der Waals surface area contributed by atoms with E-state index < -0.39 is 32.2 Å². The number of nitro benzene ring substituents is 1. The van der Waals surface area contributed by atoms with Crippen LogP contribution in [0.1, 0.15) is 23.7 Å². The van der Waals surface area contributed by atoms with Crippen molar-refractivity contribution in [2.24, 2.45) is 0 Å². The number of hydrogen-bond donors (Lipinski definition) is 1. The molecule has 132 valence electrons. The number of nitro groups is 1. The Morgan fingerprint density at radius 3 is 2.56 bits per heavy atom. The fourth-order valence-electron chi connectivity index (χ4n) is 2.23. The van der Waals surface area contributed by atoms with Gasteiger partial charge in [-0.2, -0.15) is 4.39 Å². The van der Waals surface area contributed by atoms with E-state index in [1.165, 1.54) is 24.3 Å². The van der Waals surface area contributed by atoms with Gasteiger partial charge in [-0.3, -0.25) is 14.9 Å². The summed E-state index contributed by atoms with van der Waals surface area (Å²) in [5.41, 5.74) is -0.881. The van der Waals surface area contributed by atoms with Gasteiger partial charge in [0.05, 0.1) is 21.1 Å². The van der Waals surface area contributed by atoms with Crippen LogP contribution in [0, 0.1) is 15.9 Å². The monoisotopic (exact) mass is 366 g/mol. The molecule has 0 radical (unpaired) electrons. The predicted molar refractivity (Wildman–Crippen MR) is 89.8 cm³/mol. The lowest BCUT2D eigenvalue weighted by Gasteiger charge is -2.10. The molecule has 0 aliphatic heterocycles. The summed E-state index contributed by atoms with van der Waals surface area (Å²) in [5.74, 6) is -1.90. The third-order valence-corrected chi connectivity index (χ3v) is 5.31. The van der Waals surface area contributed by atoms with Crippen molar-refractivity contribution in [3.63, 3.8) is 0 Å². The van der Waals surface area contributed by atoms with E-state index in [9.17, 15) is 27.7 Å². The highest BCUT2D eigenvalue weighted by molar-refractivity contribution is 7.91. The zero-order valence-electron chi connectivity index (χ0n) is 13.2. The topological polar surface area (TPSA) is 106 Å². The number of halogens is 1. The lowest BCUT2D eigenvalue weighted by Crippen LogP contribution is -2.17. The Morgan fingerprint density at radius 1 is 1.24 bits per heavy atom. The van der Waals surface area contributed by atoms with Crippen molar-refractivity contribution in [2.75, 3.05) is 11.1 Å². The highest BCUT2D eigenvalue weighted by Crippen LogP contribution is 2.23. The molecule has 2 rings (SSSR count). The molecular formula is C16H15FN2O5S. The second-order valence-corrected chi connectivity index (χ2v) is 7.27. The highest BCUT2D eigenvalue weighted by Gasteiger charge is 2.22. The average molecular weight is 366 g/mol. The van der Waals surface area contributed by atoms with Crippen LogP contribution < -0.4 is 5.32 Å². The van der Waals surface area contributed by atoms with Gasteiger partial charge >= 0.3 is 5.69 Å². The number of rotatable bonds is 6. The second-order valence-electron chi connectivity index (χ2n) is 5.19. The maximum atomic E-state index is 13.4. The van der Waals surface area contributed by atoms with Gasteiger partial charge in [0.15, 0.2) is 9.84 Å². The fraction of sp³-hybridized carbons (Fsp3) is 0.188. The van der Waals surface area contributed by atoms with Crippen LogP contribution in [0.25, 0.3) is 0 Å². The molecule has 0 saturated carbocycles. The Hall–Kier alpha value is -2.81. The first kappa shape index (κ1) is 18.5. The normalized spacial score (nSPS) is 11.1. The SMILES string of the molecule is CCCS(=O)(=O)c1ccccc1C(=O)Nc1ccc(F)c([N+](=O)[O-])c1. The Kier molecular flexibility index (Phi) is 5.48. The standard InChI is InChI=1S/C16H15FN2O5S/c1-2-9-25(23,24)15-6-4-3-5-12(15)16(20)18-11-7-8-13(17)14(10-11)19(21)22/h3-8,10H,2,9H2,1H3,(H,18,20). The number of nitrogens with zero attached hydrogens (tertiary/aromatic N) is 1. The third kappa shape index (κ3) is 4.18. The van der Waals surface area contributed by atoms with Gasteiger partial charge in [0.1, 0.15) is 0 Å². The van der Waals surface area contributed by atoms with E-state index in [4.69, 9.17) is 0 Å². The summed E-state index contributed by atoms with van der Waals surface area (Å²) in [4.78, 5) is 22.1. The summed E-state index contributed by atoms with van der Waals surface area (Å²) >= 11 is 0. The van der Waals surface area contributed by atoms with E-state index in [1.807, 2.05) is 0 Å². The summed E-state index contributed by atoms with van der Waals surface area (Å²) in [7, 11) is -3.64. The number of amides is 1. The van der Waals surface area contributed by atoms with E-state index in [0.717, 1.165) is 18.2 Å². The van der Waals surface area contributed by atoms with E-state index in [-0.39, 0.29) is 21.9 Å². The number of carbonyl (C=O) groups excluding carboxylic acids is 1. The van der Waals surface area contributed by atoms with Crippen molar-refractivity contribution < 1.29 is 22.5 Å². The molecule has 0 unspecified atom stereocenters. The van der Waals surface area contributed by atoms with E-state index in [0.29, 0.717) is 6.42 Å². The molecule has 7 nitrogen and oxygen atoms in total. The number of carbonyl (C=O) groups is 1. The van der Waals surface area contributed by atoms with Crippen LogP contribution >= 0.6 is 0 Å². The van der Waals surface area contributed by atoms with Crippen molar-refractivity contribution in [1.82, 2.24) is 0 Å². The minimum Gasteiger partial charge on any atom is -0.322 e. The summed E-state index contributed by atoms with van der Waals surface area (Å²) in [6, 6.07) is 8.56. The van der Waals surface area contributed by atoms with Crippen LogP contribution in [0.4, 0.5) is 15.8 Å². The van der Waals surface area contributed by atoms with Crippen LogP contribution in [0.3, 0.4) is 0 Å². The first-order valence-corrected chi connectivity index (χ1v) is 8.98. The van der Waals surface area contributed by atoms with Gasteiger partial charge in [-0.25, -0.2) is 8.42 Å². The molecule has 2 aromatic rings. The van der Waals surface area contributed by atoms with Crippen LogP contribution in [0.15, 0.2) is 47.4 Å². The number of anilines is 1. The maximum Gasteiger partial charge on any atom is 0.306 e. The molecule has 0 atom stereocenters. The lowest BCUT2D eigenvalue weighted by molar-refractivity contribution is -0.387. The van der Waals surface area contributed by atoms with Crippen molar-refractivity contribution in [3.8, 4) is 0 Å². The Morgan fingerprint density at radius 2 is 1.92 bits per heavy atom. The summed E-state index contributed by atoms with van der Waals surface area (Å²) < 4.78 is 37.9. The van der Waals surface area contributed by atoms with Gasteiger partial charge in [-0.15, -0.1) is 0 Å². The molecule has 0 heterocycles. The van der Waals surface area contributed by atoms with Gasteiger partial charge in [0.2, 0.25) is 5.82 Å². The van der Waals surface area contributed by atoms with E-state index in [1.54, 1.807) is 6.92 Å². The average Bonchev–Trinajstić information content (AvgIpc) is 2.56. The molecule has 0 spiro atoms. The minimum atomic E-state index is -3.64. The first-order chi connectivity index (χ1) is 11.8. The zero-order chi connectivity index (χ0) is 18.6. The largest absolute Gasteiger partial charge is 0.322 e. The third-order valence-electron chi connectivity index (χ3n) is 3.34. The highest BCUT2D eigenvalue weighted by atomic mass is 32.2. The first-order valence-electron chi connectivity index (χ1n) is 7.33. The quantitative estimate of drug-likeness (QED) is 0.624. The minimum absolute atomic E-state index is 0.0132. The number of benzene rings is 2. The molecule has 1 N–H and O–H groups in total. The second kappa shape index (κ2) is 7.39. The molecular weight excluding hydrogens is 351 g/mol. The molecule has 0 saturated heterocycles. The smallest absolute Gasteiger partial charge is 0.306 e. The maximum absolute atomic E-state index is 13.4. The number of nitrogens with one attached hydrogen (secondary N) is 1. The van der Waals surface area contributed by atoms with Crippen molar-refractivity contribution in [2.45, 2.75) is 18.2 Å². The summed E-state index contributed by atoms with van der Waals surface area (Å²) in [5, 5.41) is 13.1. The number of hydrogen-bond acceptors (Lipinski definition) is 5. The summed E-state index contributed by atoms with van der Waals surface area (Å²) in [6.45, 7) is 1.71. The lowest BCUT2D eigenvalue weighted by atomic mass is 10.2. The summed E-state index contributed by atoms with van der Waals surface area (Å²) in [6.07, 6.45) is 0.391. The van der Waals surface area contributed by atoms with Gasteiger partial charge in [0, 0.05) is 11.8 Å². The van der Waals surface area contributed by atoms with E-state index in [2.05, 4.69) is 5.32 Å². The van der Waals surface area contributed by atoms with E-state index >= 15 is 0 Å². The predicted octanol–water partition coefficient (Wildman–Crippen LogP) is 3.17. The van der Waals surface area contributed by atoms with Crippen LogP contribution in [0.5, 0.6) is 0 Å². The van der Waals surface area contributed by atoms with Crippen molar-refractivity contribution in [1.29, 1.82) is 0 Å². The molecule has 0 aliphatic carbocycles. The van der Waals surface area contributed by atoms with Crippen molar-refractivity contribution >= 4 is 27.1 Å². The van der Waals surface area contributed by atoms with Crippen LogP contribution in [-0.4, -0.2) is 25.0 Å². The van der Waals surface area contributed by atoms with Gasteiger partial charge in [-0.1, -0.05) is 19.1 Å². The molecule has 0 bridgehead atoms.